The first-order chi connectivity index (χ1) is 9.90. The molecule has 2 N–H and O–H groups in total. The van der Waals surface area contributed by atoms with E-state index in [1.165, 1.54) is 0 Å². The maximum atomic E-state index is 8.92. The zero-order valence-corrected chi connectivity index (χ0v) is 11.0. The van der Waals surface area contributed by atoms with Gasteiger partial charge in [0.1, 0.15) is 5.69 Å². The Labute approximate surface area is 117 Å². The first kappa shape index (κ1) is 12.6. The van der Waals surface area contributed by atoms with E-state index in [9.17, 15) is 0 Å². The summed E-state index contributed by atoms with van der Waals surface area (Å²) in [6.45, 7) is 0.528. The molecule has 0 unspecified atom stereocenters. The van der Waals surface area contributed by atoms with Crippen molar-refractivity contribution in [3.8, 4) is 11.3 Å². The quantitative estimate of drug-likeness (QED) is 0.761. The van der Waals surface area contributed by atoms with Crippen LogP contribution in [0.1, 0.15) is 0 Å². The van der Waals surface area contributed by atoms with E-state index < -0.39 is 0 Å². The average molecular weight is 265 g/mol. The van der Waals surface area contributed by atoms with Gasteiger partial charge in [-0.1, -0.05) is 54.6 Å². The molecule has 100 valence electrons. The molecule has 0 fully saturated rings. The molecule has 1 aromatic heterocycles. The number of aliphatic hydroxyl groups excluding tert-OH is 1. The van der Waals surface area contributed by atoms with Gasteiger partial charge in [-0.3, -0.25) is 0 Å². The van der Waals surface area contributed by atoms with Crippen LogP contribution >= 0.6 is 0 Å². The van der Waals surface area contributed by atoms with Crippen molar-refractivity contribution in [1.29, 1.82) is 0 Å². The molecule has 0 atom stereocenters. The van der Waals surface area contributed by atoms with E-state index in [1.54, 1.807) is 0 Å². The average Bonchev–Trinajstić information content (AvgIpc) is 2.53. The highest BCUT2D eigenvalue weighted by Crippen LogP contribution is 2.29. The zero-order chi connectivity index (χ0) is 13.8. The van der Waals surface area contributed by atoms with Crippen molar-refractivity contribution in [2.75, 3.05) is 18.5 Å². The van der Waals surface area contributed by atoms with Crippen molar-refractivity contribution in [3.63, 3.8) is 0 Å². The van der Waals surface area contributed by atoms with E-state index in [2.05, 4.69) is 15.5 Å². The molecule has 20 heavy (non-hydrogen) atoms. The lowest BCUT2D eigenvalue weighted by atomic mass is 10.0. The minimum absolute atomic E-state index is 0.0659. The molecule has 0 amide bonds. The Morgan fingerprint density at radius 1 is 0.850 bits per heavy atom. The summed E-state index contributed by atoms with van der Waals surface area (Å²) in [6.07, 6.45) is 0. The van der Waals surface area contributed by atoms with Crippen LogP contribution < -0.4 is 5.32 Å². The van der Waals surface area contributed by atoms with Crippen LogP contribution in [-0.2, 0) is 0 Å². The van der Waals surface area contributed by atoms with Gasteiger partial charge in [-0.2, -0.15) is 0 Å². The minimum Gasteiger partial charge on any atom is -0.395 e. The molecule has 3 rings (SSSR count). The molecule has 1 heterocycles. The van der Waals surface area contributed by atoms with Gasteiger partial charge in [0, 0.05) is 22.9 Å². The largest absolute Gasteiger partial charge is 0.395 e. The molecule has 0 saturated carbocycles. The minimum atomic E-state index is 0.0659. The number of benzene rings is 2. The van der Waals surface area contributed by atoms with Gasteiger partial charge in [0.05, 0.1) is 6.61 Å². The number of aromatic nitrogens is 2. The fraction of sp³-hybridized carbons (Fsp3) is 0.125. The van der Waals surface area contributed by atoms with Crippen molar-refractivity contribution in [2.45, 2.75) is 0 Å². The molecule has 4 heteroatoms. The number of nitrogens with one attached hydrogen (secondary N) is 1. The molecule has 2 aromatic carbocycles. The van der Waals surface area contributed by atoms with Crippen LogP contribution in [0.3, 0.4) is 0 Å². The van der Waals surface area contributed by atoms with Crippen molar-refractivity contribution < 1.29 is 5.11 Å². The summed E-state index contributed by atoms with van der Waals surface area (Å²) in [5.74, 6) is 0.703. The van der Waals surface area contributed by atoms with Crippen molar-refractivity contribution in [3.05, 3.63) is 54.6 Å². The number of nitrogens with zero attached hydrogens (tertiary/aromatic N) is 2. The highest BCUT2D eigenvalue weighted by atomic mass is 16.3. The van der Waals surface area contributed by atoms with Gasteiger partial charge in [-0.05, 0) is 0 Å². The summed E-state index contributed by atoms with van der Waals surface area (Å²) in [6, 6.07) is 18.0. The van der Waals surface area contributed by atoms with Gasteiger partial charge in [-0.15, -0.1) is 10.2 Å². The monoisotopic (exact) mass is 265 g/mol. The highest BCUT2D eigenvalue weighted by Gasteiger charge is 2.09. The third-order valence-corrected chi connectivity index (χ3v) is 3.14. The fourth-order valence-corrected chi connectivity index (χ4v) is 2.22. The second kappa shape index (κ2) is 5.67. The Hall–Kier alpha value is -2.46. The molecule has 0 aliphatic carbocycles. The first-order valence-corrected chi connectivity index (χ1v) is 6.56. The van der Waals surface area contributed by atoms with Crippen molar-refractivity contribution in [2.24, 2.45) is 0 Å². The number of rotatable bonds is 4. The van der Waals surface area contributed by atoms with E-state index in [0.29, 0.717) is 12.4 Å². The van der Waals surface area contributed by atoms with Crippen molar-refractivity contribution >= 4 is 16.6 Å². The van der Waals surface area contributed by atoms with Crippen LogP contribution in [0.5, 0.6) is 0 Å². The third kappa shape index (κ3) is 2.33. The standard InChI is InChI=1S/C16H15N3O/c20-11-10-17-16-14-9-5-4-8-13(14)15(18-19-16)12-6-2-1-3-7-12/h1-9,20H,10-11H2,(H,17,19). The summed E-state index contributed by atoms with van der Waals surface area (Å²) in [4.78, 5) is 0. The predicted molar refractivity (Wildman–Crippen MR) is 80.5 cm³/mol. The number of aliphatic hydroxyl groups is 1. The Morgan fingerprint density at radius 2 is 1.55 bits per heavy atom. The van der Waals surface area contributed by atoms with Crippen LogP contribution in [-0.4, -0.2) is 28.5 Å². The van der Waals surface area contributed by atoms with Gasteiger partial charge in [0.15, 0.2) is 5.82 Å². The second-order valence-electron chi connectivity index (χ2n) is 4.46. The Morgan fingerprint density at radius 3 is 2.30 bits per heavy atom. The number of hydrogen-bond donors (Lipinski definition) is 2. The predicted octanol–water partition coefficient (Wildman–Crippen LogP) is 2.70. The summed E-state index contributed by atoms with van der Waals surface area (Å²) in [5.41, 5.74) is 1.92. The molecule has 0 bridgehead atoms. The molecule has 0 aliphatic rings. The molecule has 0 spiro atoms. The number of fused-ring (bicyclic) bond motifs is 1. The van der Waals surface area contributed by atoms with E-state index in [1.807, 2.05) is 54.6 Å². The zero-order valence-electron chi connectivity index (χ0n) is 11.0. The Bertz CT molecular complexity index is 713. The SMILES string of the molecule is OCCNc1nnc(-c2ccccc2)c2ccccc12. The molecular formula is C16H15N3O. The first-order valence-electron chi connectivity index (χ1n) is 6.56. The van der Waals surface area contributed by atoms with Crippen LogP contribution in [0.25, 0.3) is 22.0 Å². The maximum Gasteiger partial charge on any atom is 0.156 e. The maximum absolute atomic E-state index is 8.92. The molecule has 0 radical (unpaired) electrons. The molecular weight excluding hydrogens is 250 g/mol. The van der Waals surface area contributed by atoms with Gasteiger partial charge in [0.2, 0.25) is 0 Å². The fourth-order valence-electron chi connectivity index (χ4n) is 2.22. The van der Waals surface area contributed by atoms with Gasteiger partial charge < -0.3 is 10.4 Å². The molecule has 4 nitrogen and oxygen atoms in total. The number of anilines is 1. The number of hydrogen-bond acceptors (Lipinski definition) is 4. The van der Waals surface area contributed by atoms with E-state index >= 15 is 0 Å². The Balaban J connectivity index is 2.16. The van der Waals surface area contributed by atoms with Crippen LogP contribution in [0.15, 0.2) is 54.6 Å². The second-order valence-corrected chi connectivity index (χ2v) is 4.46. The van der Waals surface area contributed by atoms with E-state index in [-0.39, 0.29) is 6.61 Å². The molecule has 0 aliphatic heterocycles. The van der Waals surface area contributed by atoms with Gasteiger partial charge in [-0.25, -0.2) is 0 Å². The summed E-state index contributed by atoms with van der Waals surface area (Å²) >= 11 is 0. The topological polar surface area (TPSA) is 58.0 Å². The van der Waals surface area contributed by atoms with Gasteiger partial charge >= 0.3 is 0 Å². The van der Waals surface area contributed by atoms with Gasteiger partial charge in [0.25, 0.3) is 0 Å². The summed E-state index contributed by atoms with van der Waals surface area (Å²) < 4.78 is 0. The Kier molecular flexibility index (Phi) is 3.56. The van der Waals surface area contributed by atoms with E-state index in [0.717, 1.165) is 22.0 Å². The van der Waals surface area contributed by atoms with Crippen LogP contribution in [0.2, 0.25) is 0 Å². The van der Waals surface area contributed by atoms with E-state index in [4.69, 9.17) is 5.11 Å². The lowest BCUT2D eigenvalue weighted by Gasteiger charge is -2.10. The normalized spacial score (nSPS) is 10.7. The van der Waals surface area contributed by atoms with Crippen LogP contribution in [0, 0.1) is 0 Å². The molecule has 3 aromatic rings. The van der Waals surface area contributed by atoms with Crippen LogP contribution in [0.4, 0.5) is 5.82 Å². The lowest BCUT2D eigenvalue weighted by molar-refractivity contribution is 0.311. The molecule has 0 saturated heterocycles. The highest BCUT2D eigenvalue weighted by molar-refractivity contribution is 5.99. The summed E-state index contributed by atoms with van der Waals surface area (Å²) in [5, 5.41) is 22.7. The third-order valence-electron chi connectivity index (χ3n) is 3.14. The lowest BCUT2D eigenvalue weighted by Crippen LogP contribution is -2.08. The smallest absolute Gasteiger partial charge is 0.156 e. The summed E-state index contributed by atoms with van der Waals surface area (Å²) in [7, 11) is 0. The van der Waals surface area contributed by atoms with Crippen molar-refractivity contribution in [1.82, 2.24) is 10.2 Å².